The Morgan fingerprint density at radius 2 is 1.75 bits per heavy atom. The Labute approximate surface area is 97.9 Å². The molecule has 1 rings (SSSR count). The predicted octanol–water partition coefficient (Wildman–Crippen LogP) is 2.18. The van der Waals surface area contributed by atoms with Crippen LogP contribution in [0.15, 0.2) is 12.3 Å². The molecule has 0 amide bonds. The van der Waals surface area contributed by atoms with Crippen LogP contribution < -0.4 is 10.6 Å². The molecule has 1 aromatic rings. The van der Waals surface area contributed by atoms with Gasteiger partial charge in [-0.25, -0.2) is 4.98 Å². The predicted molar refractivity (Wildman–Crippen MR) is 68.3 cm³/mol. The molecule has 0 bridgehead atoms. The van der Waals surface area contributed by atoms with Crippen molar-refractivity contribution in [2.45, 2.75) is 27.7 Å². The lowest BCUT2D eigenvalue weighted by atomic mass is 10.1. The maximum absolute atomic E-state index is 5.61. The molecule has 0 saturated carbocycles. The molecule has 4 heteroatoms. The molecular weight excluding hydrogens is 200 g/mol. The average Bonchev–Trinajstić information content (AvgIpc) is 2.15. The highest BCUT2D eigenvalue weighted by Crippen LogP contribution is 2.14. The lowest BCUT2D eigenvalue weighted by molar-refractivity contribution is 0.548. The van der Waals surface area contributed by atoms with Crippen molar-refractivity contribution in [3.05, 3.63) is 12.3 Å². The first-order valence-electron chi connectivity index (χ1n) is 5.82. The van der Waals surface area contributed by atoms with Gasteiger partial charge in [-0.05, 0) is 17.9 Å². The number of hydrogen-bond donors (Lipinski definition) is 1. The molecule has 0 aliphatic heterocycles. The third kappa shape index (κ3) is 4.04. The average molecular weight is 222 g/mol. The van der Waals surface area contributed by atoms with Gasteiger partial charge < -0.3 is 10.6 Å². The van der Waals surface area contributed by atoms with Crippen molar-refractivity contribution >= 4 is 11.8 Å². The van der Waals surface area contributed by atoms with Gasteiger partial charge in [0.05, 0.1) is 0 Å². The van der Waals surface area contributed by atoms with E-state index in [1.54, 1.807) is 6.20 Å². The summed E-state index contributed by atoms with van der Waals surface area (Å²) in [6.07, 6.45) is 1.71. The quantitative estimate of drug-likeness (QED) is 0.829. The van der Waals surface area contributed by atoms with Gasteiger partial charge in [-0.2, -0.15) is 4.98 Å². The number of nitrogens with zero attached hydrogens (tertiary/aromatic N) is 3. The minimum absolute atomic E-state index is 0.343. The monoisotopic (exact) mass is 222 g/mol. The van der Waals surface area contributed by atoms with E-state index in [4.69, 9.17) is 5.73 Å². The molecule has 0 aromatic carbocycles. The Bertz CT molecular complexity index is 313. The summed E-state index contributed by atoms with van der Waals surface area (Å²) >= 11 is 0. The van der Waals surface area contributed by atoms with E-state index in [0.29, 0.717) is 17.8 Å². The lowest BCUT2D eigenvalue weighted by Gasteiger charge is -2.27. The molecule has 0 unspecified atom stereocenters. The Hall–Kier alpha value is -1.32. The molecule has 0 aliphatic rings. The highest BCUT2D eigenvalue weighted by molar-refractivity contribution is 5.40. The number of anilines is 2. The van der Waals surface area contributed by atoms with Crippen molar-refractivity contribution in [1.29, 1.82) is 0 Å². The van der Waals surface area contributed by atoms with E-state index in [0.717, 1.165) is 18.9 Å². The van der Waals surface area contributed by atoms with Crippen molar-refractivity contribution in [2.24, 2.45) is 11.8 Å². The molecule has 4 nitrogen and oxygen atoms in total. The van der Waals surface area contributed by atoms with E-state index in [2.05, 4.69) is 42.6 Å². The zero-order valence-electron chi connectivity index (χ0n) is 10.6. The first kappa shape index (κ1) is 12.7. The second kappa shape index (κ2) is 5.68. The first-order chi connectivity index (χ1) is 7.49. The molecule has 16 heavy (non-hydrogen) atoms. The number of aromatic nitrogens is 2. The molecule has 0 aliphatic carbocycles. The van der Waals surface area contributed by atoms with Gasteiger partial charge in [0.25, 0.3) is 0 Å². The molecule has 1 aromatic heterocycles. The summed E-state index contributed by atoms with van der Waals surface area (Å²) in [4.78, 5) is 10.5. The molecule has 0 atom stereocenters. The Morgan fingerprint density at radius 3 is 2.19 bits per heavy atom. The van der Waals surface area contributed by atoms with Gasteiger partial charge in [0, 0.05) is 19.3 Å². The van der Waals surface area contributed by atoms with Crippen LogP contribution in [-0.2, 0) is 0 Å². The smallest absolute Gasteiger partial charge is 0.221 e. The Balaban J connectivity index is 2.82. The van der Waals surface area contributed by atoms with Gasteiger partial charge in [-0.3, -0.25) is 0 Å². The van der Waals surface area contributed by atoms with E-state index < -0.39 is 0 Å². The van der Waals surface area contributed by atoms with Gasteiger partial charge in [0.15, 0.2) is 0 Å². The van der Waals surface area contributed by atoms with Crippen LogP contribution in [0.1, 0.15) is 27.7 Å². The number of hydrogen-bond acceptors (Lipinski definition) is 4. The molecule has 0 saturated heterocycles. The van der Waals surface area contributed by atoms with Crippen LogP contribution >= 0.6 is 0 Å². The van der Waals surface area contributed by atoms with E-state index in [9.17, 15) is 0 Å². The topological polar surface area (TPSA) is 55.0 Å². The minimum atomic E-state index is 0.343. The summed E-state index contributed by atoms with van der Waals surface area (Å²) in [6.45, 7) is 10.8. The van der Waals surface area contributed by atoms with Crippen molar-refractivity contribution in [3.8, 4) is 0 Å². The highest BCUT2D eigenvalue weighted by Gasteiger charge is 2.11. The van der Waals surface area contributed by atoms with Crippen LogP contribution in [0.4, 0.5) is 11.8 Å². The third-order valence-corrected chi connectivity index (χ3v) is 2.15. The van der Waals surface area contributed by atoms with Crippen LogP contribution in [0.25, 0.3) is 0 Å². The van der Waals surface area contributed by atoms with E-state index in [1.807, 2.05) is 6.07 Å². The number of nitrogens with two attached hydrogens (primary N) is 1. The molecule has 0 radical (unpaired) electrons. The second-order valence-electron chi connectivity index (χ2n) is 4.97. The zero-order valence-corrected chi connectivity index (χ0v) is 10.6. The second-order valence-corrected chi connectivity index (χ2v) is 4.97. The lowest BCUT2D eigenvalue weighted by Crippen LogP contribution is -2.32. The number of nitrogen functional groups attached to an aromatic ring is 1. The summed E-state index contributed by atoms with van der Waals surface area (Å²) in [5, 5.41) is 0. The van der Waals surface area contributed by atoms with Gasteiger partial charge >= 0.3 is 0 Å². The maximum Gasteiger partial charge on any atom is 0.221 e. The summed E-state index contributed by atoms with van der Waals surface area (Å²) in [5.74, 6) is 2.48. The van der Waals surface area contributed by atoms with Gasteiger partial charge in [-0.15, -0.1) is 0 Å². The molecule has 1 heterocycles. The molecule has 0 spiro atoms. The van der Waals surface area contributed by atoms with Crippen LogP contribution in [0.3, 0.4) is 0 Å². The fourth-order valence-corrected chi connectivity index (χ4v) is 1.68. The highest BCUT2D eigenvalue weighted by atomic mass is 15.2. The van der Waals surface area contributed by atoms with Crippen LogP contribution in [-0.4, -0.2) is 23.1 Å². The number of rotatable bonds is 5. The normalized spacial score (nSPS) is 11.1. The maximum atomic E-state index is 5.61. The summed E-state index contributed by atoms with van der Waals surface area (Å²) in [7, 11) is 0. The largest absolute Gasteiger partial charge is 0.368 e. The van der Waals surface area contributed by atoms with Gasteiger partial charge in [0.1, 0.15) is 5.82 Å². The Kier molecular flexibility index (Phi) is 4.52. The summed E-state index contributed by atoms with van der Waals surface area (Å²) in [6, 6.07) is 1.92. The Morgan fingerprint density at radius 1 is 1.19 bits per heavy atom. The van der Waals surface area contributed by atoms with Crippen molar-refractivity contribution in [1.82, 2.24) is 9.97 Å². The summed E-state index contributed by atoms with van der Waals surface area (Å²) in [5.41, 5.74) is 5.61. The molecule has 2 N–H and O–H groups in total. The SMILES string of the molecule is CC(C)CN(CC(C)C)c1ccnc(N)n1. The van der Waals surface area contributed by atoms with Gasteiger partial charge in [-0.1, -0.05) is 27.7 Å². The van der Waals surface area contributed by atoms with E-state index >= 15 is 0 Å². The fraction of sp³-hybridized carbons (Fsp3) is 0.667. The van der Waals surface area contributed by atoms with Crippen LogP contribution in [0.5, 0.6) is 0 Å². The molecule has 90 valence electrons. The fourth-order valence-electron chi connectivity index (χ4n) is 1.68. The summed E-state index contributed by atoms with van der Waals surface area (Å²) < 4.78 is 0. The van der Waals surface area contributed by atoms with Crippen molar-refractivity contribution in [2.75, 3.05) is 23.7 Å². The van der Waals surface area contributed by atoms with Crippen molar-refractivity contribution in [3.63, 3.8) is 0 Å². The van der Waals surface area contributed by atoms with Crippen molar-refractivity contribution < 1.29 is 0 Å². The van der Waals surface area contributed by atoms with Crippen LogP contribution in [0.2, 0.25) is 0 Å². The van der Waals surface area contributed by atoms with Gasteiger partial charge in [0.2, 0.25) is 5.95 Å². The molecule has 0 fully saturated rings. The van der Waals surface area contributed by atoms with E-state index in [1.165, 1.54) is 0 Å². The van der Waals surface area contributed by atoms with Crippen LogP contribution in [0, 0.1) is 11.8 Å². The molecular formula is C12H22N4. The van der Waals surface area contributed by atoms with E-state index in [-0.39, 0.29) is 0 Å². The third-order valence-electron chi connectivity index (χ3n) is 2.15. The standard InChI is InChI=1S/C12H22N4/c1-9(2)7-16(8-10(3)4)11-5-6-14-12(13)15-11/h5-6,9-10H,7-8H2,1-4H3,(H2,13,14,15). The minimum Gasteiger partial charge on any atom is -0.368 e. The first-order valence-corrected chi connectivity index (χ1v) is 5.82. The zero-order chi connectivity index (χ0) is 12.1.